The second-order valence-corrected chi connectivity index (χ2v) is 5.25. The summed E-state index contributed by atoms with van der Waals surface area (Å²) in [4.78, 5) is 4.29. The van der Waals surface area contributed by atoms with Gasteiger partial charge in [0.2, 0.25) is 5.88 Å². The van der Waals surface area contributed by atoms with Crippen LogP contribution in [0.1, 0.15) is 31.4 Å². The Kier molecular flexibility index (Phi) is 3.50. The first kappa shape index (κ1) is 11.9. The number of aliphatic hydroxyl groups is 1. The van der Waals surface area contributed by atoms with Gasteiger partial charge in [-0.25, -0.2) is 4.98 Å². The molecular weight excluding hydrogens is 270 g/mol. The lowest BCUT2D eigenvalue weighted by molar-refractivity contribution is 0.129. The van der Waals surface area contributed by atoms with Gasteiger partial charge in [0.25, 0.3) is 0 Å². The van der Waals surface area contributed by atoms with Gasteiger partial charge in [-0.3, -0.25) is 0 Å². The van der Waals surface area contributed by atoms with E-state index < -0.39 is 0 Å². The molecule has 1 fully saturated rings. The van der Waals surface area contributed by atoms with Crippen LogP contribution < -0.4 is 4.74 Å². The van der Waals surface area contributed by atoms with Crippen LogP contribution in [0, 0.1) is 6.92 Å². The van der Waals surface area contributed by atoms with E-state index in [-0.39, 0.29) is 5.60 Å². The SMILES string of the molecule is Cc1nc(OCCCC2(O)CC2)ccc1Br. The molecule has 3 nitrogen and oxygen atoms in total. The Labute approximate surface area is 104 Å². The maximum Gasteiger partial charge on any atom is 0.213 e. The quantitative estimate of drug-likeness (QED) is 0.846. The van der Waals surface area contributed by atoms with Crippen molar-refractivity contribution < 1.29 is 9.84 Å². The normalized spacial score (nSPS) is 17.2. The predicted molar refractivity (Wildman–Crippen MR) is 65.6 cm³/mol. The molecule has 0 bridgehead atoms. The molecule has 1 aromatic heterocycles. The lowest BCUT2D eigenvalue weighted by atomic mass is 10.2. The van der Waals surface area contributed by atoms with Crippen molar-refractivity contribution in [2.24, 2.45) is 0 Å². The molecule has 1 heterocycles. The molecule has 0 spiro atoms. The fraction of sp³-hybridized carbons (Fsp3) is 0.583. The van der Waals surface area contributed by atoms with Crippen molar-refractivity contribution in [3.8, 4) is 5.88 Å². The zero-order chi connectivity index (χ0) is 11.6. The molecule has 0 saturated heterocycles. The maximum absolute atomic E-state index is 9.63. The highest BCUT2D eigenvalue weighted by Crippen LogP contribution is 2.39. The topological polar surface area (TPSA) is 42.4 Å². The van der Waals surface area contributed by atoms with Crippen molar-refractivity contribution in [1.29, 1.82) is 0 Å². The molecule has 0 amide bonds. The van der Waals surface area contributed by atoms with E-state index in [1.807, 2.05) is 19.1 Å². The summed E-state index contributed by atoms with van der Waals surface area (Å²) >= 11 is 3.39. The first-order chi connectivity index (χ1) is 7.59. The summed E-state index contributed by atoms with van der Waals surface area (Å²) in [6, 6.07) is 3.79. The van der Waals surface area contributed by atoms with Gasteiger partial charge in [-0.2, -0.15) is 0 Å². The van der Waals surface area contributed by atoms with Crippen LogP contribution in [0.4, 0.5) is 0 Å². The predicted octanol–water partition coefficient (Wildman–Crippen LogP) is 2.84. The van der Waals surface area contributed by atoms with E-state index in [9.17, 15) is 5.11 Å². The van der Waals surface area contributed by atoms with Crippen molar-refractivity contribution in [2.75, 3.05) is 6.61 Å². The zero-order valence-corrected chi connectivity index (χ0v) is 11.0. The highest BCUT2D eigenvalue weighted by atomic mass is 79.9. The van der Waals surface area contributed by atoms with E-state index >= 15 is 0 Å². The van der Waals surface area contributed by atoms with Crippen LogP contribution in [0.2, 0.25) is 0 Å². The molecule has 0 atom stereocenters. The molecule has 0 radical (unpaired) electrons. The Bertz CT molecular complexity index is 377. The van der Waals surface area contributed by atoms with Crippen molar-refractivity contribution >= 4 is 15.9 Å². The number of aromatic nitrogens is 1. The monoisotopic (exact) mass is 285 g/mol. The number of hydrogen-bond acceptors (Lipinski definition) is 3. The highest BCUT2D eigenvalue weighted by molar-refractivity contribution is 9.10. The number of ether oxygens (including phenoxy) is 1. The van der Waals surface area contributed by atoms with Crippen LogP contribution in [0.15, 0.2) is 16.6 Å². The average Bonchev–Trinajstić information content (AvgIpc) is 2.97. The van der Waals surface area contributed by atoms with Gasteiger partial charge >= 0.3 is 0 Å². The minimum absolute atomic E-state index is 0.369. The third-order valence-electron chi connectivity index (χ3n) is 2.86. The molecule has 88 valence electrons. The number of rotatable bonds is 5. The zero-order valence-electron chi connectivity index (χ0n) is 9.37. The minimum Gasteiger partial charge on any atom is -0.478 e. The van der Waals surface area contributed by atoms with Crippen LogP contribution in [0.5, 0.6) is 5.88 Å². The van der Waals surface area contributed by atoms with Gasteiger partial charge < -0.3 is 9.84 Å². The second-order valence-electron chi connectivity index (χ2n) is 4.39. The van der Waals surface area contributed by atoms with E-state index in [0.717, 1.165) is 35.8 Å². The summed E-state index contributed by atoms with van der Waals surface area (Å²) in [5, 5.41) is 9.63. The van der Waals surface area contributed by atoms with E-state index in [1.165, 1.54) is 0 Å². The van der Waals surface area contributed by atoms with Crippen LogP contribution in [0.25, 0.3) is 0 Å². The largest absolute Gasteiger partial charge is 0.478 e. The highest BCUT2D eigenvalue weighted by Gasteiger charge is 2.39. The summed E-state index contributed by atoms with van der Waals surface area (Å²) in [6.45, 7) is 2.56. The third kappa shape index (κ3) is 3.19. The summed E-state index contributed by atoms with van der Waals surface area (Å²) in [7, 11) is 0. The standard InChI is InChI=1S/C12H16BrNO2/c1-9-10(13)3-4-11(14-9)16-8-2-5-12(15)6-7-12/h3-4,15H,2,5-8H2,1H3. The van der Waals surface area contributed by atoms with Crippen molar-refractivity contribution in [1.82, 2.24) is 4.98 Å². The van der Waals surface area contributed by atoms with Gasteiger partial charge in [0.1, 0.15) is 0 Å². The lowest BCUT2D eigenvalue weighted by Gasteiger charge is -2.09. The Morgan fingerprint density at radius 2 is 2.25 bits per heavy atom. The molecule has 2 rings (SSSR count). The molecule has 1 saturated carbocycles. The van der Waals surface area contributed by atoms with E-state index in [4.69, 9.17) is 4.74 Å². The maximum atomic E-state index is 9.63. The number of pyridine rings is 1. The number of hydrogen-bond donors (Lipinski definition) is 1. The van der Waals surface area contributed by atoms with E-state index in [0.29, 0.717) is 12.5 Å². The van der Waals surface area contributed by atoms with Gasteiger partial charge in [0, 0.05) is 10.5 Å². The van der Waals surface area contributed by atoms with E-state index in [2.05, 4.69) is 20.9 Å². The van der Waals surface area contributed by atoms with Gasteiger partial charge in [0.05, 0.1) is 17.9 Å². The van der Waals surface area contributed by atoms with Crippen molar-refractivity contribution in [3.05, 3.63) is 22.3 Å². The molecule has 0 unspecified atom stereocenters. The van der Waals surface area contributed by atoms with Crippen molar-refractivity contribution in [3.63, 3.8) is 0 Å². The molecule has 4 heteroatoms. The van der Waals surface area contributed by atoms with Gasteiger partial charge in [-0.05, 0) is 54.6 Å². The van der Waals surface area contributed by atoms with Crippen LogP contribution in [0.3, 0.4) is 0 Å². The smallest absolute Gasteiger partial charge is 0.213 e. The summed E-state index contributed by atoms with van der Waals surface area (Å²) < 4.78 is 6.51. The molecule has 1 aliphatic carbocycles. The molecule has 16 heavy (non-hydrogen) atoms. The Morgan fingerprint density at radius 1 is 1.50 bits per heavy atom. The summed E-state index contributed by atoms with van der Waals surface area (Å²) in [6.07, 6.45) is 3.61. The first-order valence-electron chi connectivity index (χ1n) is 5.57. The first-order valence-corrected chi connectivity index (χ1v) is 6.37. The van der Waals surface area contributed by atoms with Crippen LogP contribution >= 0.6 is 15.9 Å². The fourth-order valence-electron chi connectivity index (χ4n) is 1.57. The van der Waals surface area contributed by atoms with Crippen LogP contribution in [-0.2, 0) is 0 Å². The minimum atomic E-state index is -0.369. The Morgan fingerprint density at radius 3 is 2.88 bits per heavy atom. The number of aryl methyl sites for hydroxylation is 1. The molecule has 1 aliphatic rings. The molecule has 1 aromatic rings. The second kappa shape index (κ2) is 4.72. The fourth-order valence-corrected chi connectivity index (χ4v) is 1.79. The lowest BCUT2D eigenvalue weighted by Crippen LogP contribution is -2.09. The van der Waals surface area contributed by atoms with Gasteiger partial charge in [-0.1, -0.05) is 0 Å². The average molecular weight is 286 g/mol. The summed E-state index contributed by atoms with van der Waals surface area (Å²) in [5.74, 6) is 0.656. The van der Waals surface area contributed by atoms with E-state index in [1.54, 1.807) is 0 Å². The Balaban J connectivity index is 1.74. The van der Waals surface area contributed by atoms with Gasteiger partial charge in [-0.15, -0.1) is 0 Å². The van der Waals surface area contributed by atoms with Crippen LogP contribution in [-0.4, -0.2) is 22.3 Å². The number of nitrogens with zero attached hydrogens (tertiary/aromatic N) is 1. The molecule has 0 aliphatic heterocycles. The molecular formula is C12H16BrNO2. The summed E-state index contributed by atoms with van der Waals surface area (Å²) in [5.41, 5.74) is 0.560. The molecule has 0 aromatic carbocycles. The Hall–Kier alpha value is -0.610. The van der Waals surface area contributed by atoms with Crippen molar-refractivity contribution in [2.45, 2.75) is 38.2 Å². The molecule has 1 N–H and O–H groups in total. The number of halogens is 1. The van der Waals surface area contributed by atoms with Gasteiger partial charge in [0.15, 0.2) is 0 Å². The third-order valence-corrected chi connectivity index (χ3v) is 3.70.